The van der Waals surface area contributed by atoms with E-state index in [9.17, 15) is 4.79 Å². The largest absolute Gasteiger partial charge is 0.377 e. The van der Waals surface area contributed by atoms with Crippen molar-refractivity contribution in [3.63, 3.8) is 0 Å². The van der Waals surface area contributed by atoms with Crippen molar-refractivity contribution < 1.29 is 9.53 Å². The molecule has 0 spiro atoms. The van der Waals surface area contributed by atoms with Gasteiger partial charge in [0.1, 0.15) is 0 Å². The van der Waals surface area contributed by atoms with Gasteiger partial charge in [-0.1, -0.05) is 12.8 Å². The van der Waals surface area contributed by atoms with E-state index in [2.05, 4.69) is 5.32 Å². The average molecular weight is 242 g/mol. The molecule has 0 aromatic rings. The van der Waals surface area contributed by atoms with E-state index >= 15 is 0 Å². The molecule has 0 aromatic heterocycles. The Bertz CT molecular complexity index is 211. The first-order valence-corrected chi connectivity index (χ1v) is 6.88. The van der Waals surface area contributed by atoms with E-state index < -0.39 is 0 Å². The van der Waals surface area contributed by atoms with Crippen LogP contribution in [0.15, 0.2) is 0 Å². The van der Waals surface area contributed by atoms with Gasteiger partial charge in [0.15, 0.2) is 0 Å². The summed E-state index contributed by atoms with van der Waals surface area (Å²) in [5.41, 5.74) is 0. The lowest BCUT2D eigenvalue weighted by Crippen LogP contribution is -2.38. The third-order valence-corrected chi connectivity index (χ3v) is 3.33. The molecule has 0 heterocycles. The zero-order valence-electron chi connectivity index (χ0n) is 11.2. The molecule has 1 aliphatic rings. The average Bonchev–Trinajstić information content (AvgIpc) is 2.83. The SMILES string of the molecule is CCN(CC)C(=O)CNCCOC1CCCC1. The molecule has 4 heteroatoms. The highest BCUT2D eigenvalue weighted by molar-refractivity contribution is 5.78. The second-order valence-corrected chi connectivity index (χ2v) is 4.52. The normalized spacial score (nSPS) is 16.4. The van der Waals surface area contributed by atoms with Gasteiger partial charge in [0.25, 0.3) is 0 Å². The number of nitrogens with zero attached hydrogens (tertiary/aromatic N) is 1. The molecule has 1 saturated carbocycles. The fraction of sp³-hybridized carbons (Fsp3) is 0.923. The zero-order chi connectivity index (χ0) is 12.5. The Morgan fingerprint density at radius 3 is 2.53 bits per heavy atom. The van der Waals surface area contributed by atoms with Crippen molar-refractivity contribution >= 4 is 5.91 Å². The summed E-state index contributed by atoms with van der Waals surface area (Å²) in [6.07, 6.45) is 5.49. The van der Waals surface area contributed by atoms with Crippen LogP contribution in [0.5, 0.6) is 0 Å². The molecule has 0 unspecified atom stereocenters. The number of likely N-dealkylation sites (N-methyl/N-ethyl adjacent to an activating group) is 1. The van der Waals surface area contributed by atoms with E-state index in [-0.39, 0.29) is 5.91 Å². The highest BCUT2D eigenvalue weighted by Crippen LogP contribution is 2.20. The van der Waals surface area contributed by atoms with Gasteiger partial charge < -0.3 is 15.0 Å². The smallest absolute Gasteiger partial charge is 0.236 e. The third-order valence-electron chi connectivity index (χ3n) is 3.33. The molecule has 17 heavy (non-hydrogen) atoms. The number of hydrogen-bond donors (Lipinski definition) is 1. The van der Waals surface area contributed by atoms with Crippen LogP contribution < -0.4 is 5.32 Å². The van der Waals surface area contributed by atoms with Crippen molar-refractivity contribution in [2.24, 2.45) is 0 Å². The molecule has 4 nitrogen and oxygen atoms in total. The number of amides is 1. The van der Waals surface area contributed by atoms with Gasteiger partial charge in [-0.05, 0) is 26.7 Å². The molecule has 0 saturated heterocycles. The van der Waals surface area contributed by atoms with Crippen LogP contribution in [-0.4, -0.2) is 49.7 Å². The first-order chi connectivity index (χ1) is 8.27. The van der Waals surface area contributed by atoms with Crippen LogP contribution in [0.3, 0.4) is 0 Å². The minimum Gasteiger partial charge on any atom is -0.377 e. The second kappa shape index (κ2) is 8.48. The molecule has 100 valence electrons. The molecule has 1 aliphatic carbocycles. The topological polar surface area (TPSA) is 41.6 Å². The lowest BCUT2D eigenvalue weighted by molar-refractivity contribution is -0.129. The lowest BCUT2D eigenvalue weighted by Gasteiger charge is -2.19. The third kappa shape index (κ3) is 5.50. The van der Waals surface area contributed by atoms with Gasteiger partial charge in [0, 0.05) is 19.6 Å². The van der Waals surface area contributed by atoms with Gasteiger partial charge in [-0.25, -0.2) is 0 Å². The van der Waals surface area contributed by atoms with Crippen LogP contribution in [-0.2, 0) is 9.53 Å². The molecule has 1 fully saturated rings. The van der Waals surface area contributed by atoms with Crippen LogP contribution >= 0.6 is 0 Å². The maximum atomic E-state index is 11.6. The number of carbonyl (C=O) groups excluding carboxylic acids is 1. The summed E-state index contributed by atoms with van der Waals surface area (Å²) in [5.74, 6) is 0.177. The maximum Gasteiger partial charge on any atom is 0.236 e. The summed E-state index contributed by atoms with van der Waals surface area (Å²) in [6.45, 7) is 7.50. The van der Waals surface area contributed by atoms with Crippen LogP contribution in [0, 0.1) is 0 Å². The summed E-state index contributed by atoms with van der Waals surface area (Å²) < 4.78 is 5.71. The Morgan fingerprint density at radius 2 is 1.94 bits per heavy atom. The molecule has 0 aliphatic heterocycles. The summed E-state index contributed by atoms with van der Waals surface area (Å²) >= 11 is 0. The van der Waals surface area contributed by atoms with E-state index in [1.54, 1.807) is 0 Å². The van der Waals surface area contributed by atoms with Gasteiger partial charge in [-0.2, -0.15) is 0 Å². The highest BCUT2D eigenvalue weighted by atomic mass is 16.5. The standard InChI is InChI=1S/C13H26N2O2/c1-3-15(4-2)13(16)11-14-9-10-17-12-7-5-6-8-12/h12,14H,3-11H2,1-2H3. The quantitative estimate of drug-likeness (QED) is 0.654. The fourth-order valence-corrected chi connectivity index (χ4v) is 2.24. The van der Waals surface area contributed by atoms with Crippen LogP contribution in [0.2, 0.25) is 0 Å². The molecule has 1 amide bonds. The van der Waals surface area contributed by atoms with Crippen LogP contribution in [0.1, 0.15) is 39.5 Å². The minimum atomic E-state index is 0.177. The van der Waals surface area contributed by atoms with Crippen molar-refractivity contribution in [1.82, 2.24) is 10.2 Å². The van der Waals surface area contributed by atoms with E-state index in [0.717, 1.165) is 26.2 Å². The number of rotatable bonds is 8. The van der Waals surface area contributed by atoms with Crippen molar-refractivity contribution in [3.05, 3.63) is 0 Å². The molecule has 1 rings (SSSR count). The lowest BCUT2D eigenvalue weighted by atomic mass is 10.3. The Hall–Kier alpha value is -0.610. The van der Waals surface area contributed by atoms with E-state index in [1.165, 1.54) is 25.7 Å². The molecule has 0 bridgehead atoms. The van der Waals surface area contributed by atoms with Gasteiger partial charge >= 0.3 is 0 Å². The zero-order valence-corrected chi connectivity index (χ0v) is 11.2. The molecular weight excluding hydrogens is 216 g/mol. The van der Waals surface area contributed by atoms with Gasteiger partial charge in [-0.15, -0.1) is 0 Å². The molecule has 1 N–H and O–H groups in total. The van der Waals surface area contributed by atoms with Crippen molar-refractivity contribution in [2.75, 3.05) is 32.8 Å². The van der Waals surface area contributed by atoms with Crippen molar-refractivity contribution in [2.45, 2.75) is 45.6 Å². The Labute approximate surface area is 105 Å². The summed E-state index contributed by atoms with van der Waals surface area (Å²) in [5, 5.41) is 3.14. The minimum absolute atomic E-state index is 0.177. The molecular formula is C13H26N2O2. The summed E-state index contributed by atoms with van der Waals surface area (Å²) in [6, 6.07) is 0. The number of carbonyl (C=O) groups is 1. The predicted octanol–water partition coefficient (Wildman–Crippen LogP) is 1.40. The number of nitrogens with one attached hydrogen (secondary N) is 1. The molecule has 0 atom stereocenters. The van der Waals surface area contributed by atoms with Crippen LogP contribution in [0.25, 0.3) is 0 Å². The Morgan fingerprint density at radius 1 is 1.29 bits per heavy atom. The first-order valence-electron chi connectivity index (χ1n) is 6.88. The van der Waals surface area contributed by atoms with Gasteiger partial charge in [0.05, 0.1) is 19.3 Å². The van der Waals surface area contributed by atoms with E-state index in [4.69, 9.17) is 4.74 Å². The van der Waals surface area contributed by atoms with Crippen LogP contribution in [0.4, 0.5) is 0 Å². The predicted molar refractivity (Wildman–Crippen MR) is 69.0 cm³/mol. The maximum absolute atomic E-state index is 11.6. The number of hydrogen-bond acceptors (Lipinski definition) is 3. The van der Waals surface area contributed by atoms with E-state index in [0.29, 0.717) is 12.6 Å². The second-order valence-electron chi connectivity index (χ2n) is 4.52. The highest BCUT2D eigenvalue weighted by Gasteiger charge is 2.14. The number of ether oxygens (including phenoxy) is 1. The summed E-state index contributed by atoms with van der Waals surface area (Å²) in [4.78, 5) is 13.5. The summed E-state index contributed by atoms with van der Waals surface area (Å²) in [7, 11) is 0. The Kier molecular flexibility index (Phi) is 7.21. The van der Waals surface area contributed by atoms with Crippen molar-refractivity contribution in [3.8, 4) is 0 Å². The monoisotopic (exact) mass is 242 g/mol. The molecule has 0 radical (unpaired) electrons. The van der Waals surface area contributed by atoms with E-state index in [1.807, 2.05) is 18.7 Å². The molecule has 0 aromatic carbocycles. The Balaban J connectivity index is 1.97. The van der Waals surface area contributed by atoms with Gasteiger partial charge in [0.2, 0.25) is 5.91 Å². The van der Waals surface area contributed by atoms with Crippen molar-refractivity contribution in [1.29, 1.82) is 0 Å². The fourth-order valence-electron chi connectivity index (χ4n) is 2.24. The first kappa shape index (κ1) is 14.5. The van der Waals surface area contributed by atoms with Gasteiger partial charge in [-0.3, -0.25) is 4.79 Å².